The van der Waals surface area contributed by atoms with Crippen LogP contribution in [-0.4, -0.2) is 50.3 Å². The van der Waals surface area contributed by atoms with Gasteiger partial charge in [-0.3, -0.25) is 4.79 Å². The van der Waals surface area contributed by atoms with Gasteiger partial charge < -0.3 is 29.4 Å². The highest BCUT2D eigenvalue weighted by molar-refractivity contribution is 5.75. The molecule has 2 N–H and O–H groups in total. The predicted molar refractivity (Wildman–Crippen MR) is 107 cm³/mol. The van der Waals surface area contributed by atoms with Gasteiger partial charge in [-0.05, 0) is 30.5 Å². The van der Waals surface area contributed by atoms with Crippen molar-refractivity contribution in [3.8, 4) is 17.2 Å². The maximum absolute atomic E-state index is 11.9. The van der Waals surface area contributed by atoms with Gasteiger partial charge in [0.2, 0.25) is 12.7 Å². The van der Waals surface area contributed by atoms with E-state index in [1.165, 1.54) is 5.56 Å². The second-order valence-electron chi connectivity index (χ2n) is 6.74. The van der Waals surface area contributed by atoms with Crippen molar-refractivity contribution in [3.63, 3.8) is 0 Å². The second-order valence-corrected chi connectivity index (χ2v) is 6.74. The number of fused-ring (bicyclic) bond motifs is 1. The summed E-state index contributed by atoms with van der Waals surface area (Å²) < 4.78 is 21.6. The van der Waals surface area contributed by atoms with Crippen LogP contribution in [0.15, 0.2) is 48.5 Å². The molecule has 0 bridgehead atoms. The van der Waals surface area contributed by atoms with E-state index >= 15 is 0 Å². The van der Waals surface area contributed by atoms with Gasteiger partial charge in [-0.2, -0.15) is 0 Å². The van der Waals surface area contributed by atoms with E-state index in [0.29, 0.717) is 43.3 Å². The molecule has 1 atom stereocenters. The van der Waals surface area contributed by atoms with Crippen molar-refractivity contribution in [3.05, 3.63) is 54.1 Å². The Kier molecular flexibility index (Phi) is 8.15. The summed E-state index contributed by atoms with van der Waals surface area (Å²) in [5.74, 6) is 1.76. The molecule has 29 heavy (non-hydrogen) atoms. The predicted octanol–water partition coefficient (Wildman–Crippen LogP) is 2.31. The second kappa shape index (κ2) is 11.3. The zero-order valence-corrected chi connectivity index (χ0v) is 16.3. The van der Waals surface area contributed by atoms with Gasteiger partial charge in [0.05, 0.1) is 6.61 Å². The Morgan fingerprint density at radius 1 is 1.10 bits per heavy atom. The Labute approximate surface area is 170 Å². The molecule has 0 aliphatic carbocycles. The Hall–Kier alpha value is -2.77. The molecule has 7 heteroatoms. The Balaban J connectivity index is 1.21. The fourth-order valence-electron chi connectivity index (χ4n) is 2.81. The van der Waals surface area contributed by atoms with E-state index in [2.05, 4.69) is 17.4 Å². The lowest BCUT2D eigenvalue weighted by Gasteiger charge is -2.13. The van der Waals surface area contributed by atoms with Gasteiger partial charge in [0.15, 0.2) is 11.5 Å². The van der Waals surface area contributed by atoms with E-state index in [1.807, 2.05) is 18.2 Å². The van der Waals surface area contributed by atoms with Crippen molar-refractivity contribution in [1.82, 2.24) is 5.32 Å². The first-order valence-electron chi connectivity index (χ1n) is 9.79. The van der Waals surface area contributed by atoms with Crippen LogP contribution in [0.3, 0.4) is 0 Å². The van der Waals surface area contributed by atoms with Gasteiger partial charge in [-0.1, -0.05) is 30.3 Å². The molecule has 0 aromatic heterocycles. The third-order valence-corrected chi connectivity index (χ3v) is 4.39. The summed E-state index contributed by atoms with van der Waals surface area (Å²) in [5.41, 5.74) is 1.24. The molecule has 7 nitrogen and oxygen atoms in total. The van der Waals surface area contributed by atoms with Gasteiger partial charge in [0, 0.05) is 25.6 Å². The maximum atomic E-state index is 11.9. The molecule has 2 aromatic rings. The normalized spacial score (nSPS) is 13.1. The summed E-state index contributed by atoms with van der Waals surface area (Å²) in [4.78, 5) is 11.9. The van der Waals surface area contributed by atoms with Crippen molar-refractivity contribution in [2.45, 2.75) is 25.4 Å². The lowest BCUT2D eigenvalue weighted by molar-refractivity contribution is -0.122. The zero-order chi connectivity index (χ0) is 20.3. The summed E-state index contributed by atoms with van der Waals surface area (Å²) in [6.07, 6.45) is 1.07. The molecule has 1 heterocycles. The first-order chi connectivity index (χ1) is 14.2. The summed E-state index contributed by atoms with van der Waals surface area (Å²) in [5, 5.41) is 12.7. The first-order valence-corrected chi connectivity index (χ1v) is 9.79. The monoisotopic (exact) mass is 401 g/mol. The lowest BCUT2D eigenvalue weighted by Crippen LogP contribution is -2.35. The molecular formula is C22H27NO6. The summed E-state index contributed by atoms with van der Waals surface area (Å²) in [6.45, 7) is 1.59. The molecule has 0 saturated carbocycles. The van der Waals surface area contributed by atoms with Crippen LogP contribution in [0.4, 0.5) is 0 Å². The van der Waals surface area contributed by atoms with Crippen LogP contribution in [0, 0.1) is 0 Å². The molecule has 0 spiro atoms. The van der Waals surface area contributed by atoms with E-state index in [-0.39, 0.29) is 25.9 Å². The Morgan fingerprint density at radius 2 is 1.93 bits per heavy atom. The van der Waals surface area contributed by atoms with Crippen molar-refractivity contribution < 1.29 is 28.8 Å². The Bertz CT molecular complexity index is 767. The number of aliphatic hydroxyl groups is 1. The van der Waals surface area contributed by atoms with Gasteiger partial charge in [0.1, 0.15) is 18.5 Å². The molecule has 1 aliphatic rings. The molecule has 156 valence electrons. The fraction of sp³-hybridized carbons (Fsp3) is 0.409. The van der Waals surface area contributed by atoms with Gasteiger partial charge in [-0.15, -0.1) is 0 Å². The number of carbonyl (C=O) groups excluding carboxylic acids is 1. The average molecular weight is 401 g/mol. The van der Waals surface area contributed by atoms with Crippen LogP contribution < -0.4 is 19.5 Å². The van der Waals surface area contributed by atoms with Crippen molar-refractivity contribution in [1.29, 1.82) is 0 Å². The molecule has 1 unspecified atom stereocenters. The van der Waals surface area contributed by atoms with Gasteiger partial charge in [0.25, 0.3) is 0 Å². The molecule has 0 fully saturated rings. The average Bonchev–Trinajstić information content (AvgIpc) is 3.22. The van der Waals surface area contributed by atoms with Crippen molar-refractivity contribution in [2.75, 3.05) is 33.2 Å². The quantitative estimate of drug-likeness (QED) is 0.531. The number of aliphatic hydroxyl groups excluding tert-OH is 1. The van der Waals surface area contributed by atoms with E-state index in [0.717, 1.165) is 6.42 Å². The number of amides is 1. The van der Waals surface area contributed by atoms with Crippen LogP contribution in [0.1, 0.15) is 18.4 Å². The third-order valence-electron chi connectivity index (χ3n) is 4.39. The topological polar surface area (TPSA) is 86.3 Å². The molecule has 3 rings (SSSR count). The minimum Gasteiger partial charge on any atom is -0.491 e. The van der Waals surface area contributed by atoms with Crippen LogP contribution in [-0.2, 0) is 16.0 Å². The molecule has 0 saturated heterocycles. The number of hydrogen-bond donors (Lipinski definition) is 2. The molecule has 1 amide bonds. The Morgan fingerprint density at radius 3 is 2.79 bits per heavy atom. The standard InChI is InChI=1S/C22H27NO6/c24-18(15-27-19-8-9-20-21(13-19)29-16-28-20)14-23-22(25)7-4-11-26-12-10-17-5-2-1-3-6-17/h1-3,5-6,8-9,13,18,24H,4,7,10-12,14-16H2,(H,23,25). The smallest absolute Gasteiger partial charge is 0.231 e. The molecule has 0 radical (unpaired) electrons. The number of benzene rings is 2. The molecule has 1 aliphatic heterocycles. The largest absolute Gasteiger partial charge is 0.491 e. The number of carbonyl (C=O) groups is 1. The van der Waals surface area contributed by atoms with E-state index in [1.54, 1.807) is 18.2 Å². The maximum Gasteiger partial charge on any atom is 0.231 e. The summed E-state index contributed by atoms with van der Waals surface area (Å²) in [6, 6.07) is 15.4. The molecular weight excluding hydrogens is 374 g/mol. The van der Waals surface area contributed by atoms with E-state index in [4.69, 9.17) is 18.9 Å². The highest BCUT2D eigenvalue weighted by atomic mass is 16.7. The van der Waals surface area contributed by atoms with Crippen LogP contribution in [0.5, 0.6) is 17.2 Å². The SMILES string of the molecule is O=C(CCCOCCc1ccccc1)NCC(O)COc1ccc2c(c1)OCO2. The van der Waals surface area contributed by atoms with Crippen LogP contribution >= 0.6 is 0 Å². The van der Waals surface area contributed by atoms with Gasteiger partial charge in [-0.25, -0.2) is 0 Å². The number of hydrogen-bond acceptors (Lipinski definition) is 6. The van der Waals surface area contributed by atoms with E-state index < -0.39 is 6.10 Å². The van der Waals surface area contributed by atoms with Crippen molar-refractivity contribution >= 4 is 5.91 Å². The van der Waals surface area contributed by atoms with Crippen LogP contribution in [0.2, 0.25) is 0 Å². The number of ether oxygens (including phenoxy) is 4. The highest BCUT2D eigenvalue weighted by Gasteiger charge is 2.14. The number of nitrogens with one attached hydrogen (secondary N) is 1. The van der Waals surface area contributed by atoms with Gasteiger partial charge >= 0.3 is 0 Å². The summed E-state index contributed by atoms with van der Waals surface area (Å²) in [7, 11) is 0. The minimum atomic E-state index is -0.800. The van der Waals surface area contributed by atoms with Crippen LogP contribution in [0.25, 0.3) is 0 Å². The van der Waals surface area contributed by atoms with E-state index in [9.17, 15) is 9.90 Å². The number of rotatable bonds is 12. The lowest BCUT2D eigenvalue weighted by atomic mass is 10.2. The zero-order valence-electron chi connectivity index (χ0n) is 16.3. The molecule has 2 aromatic carbocycles. The van der Waals surface area contributed by atoms with Crippen molar-refractivity contribution in [2.24, 2.45) is 0 Å². The summed E-state index contributed by atoms with van der Waals surface area (Å²) >= 11 is 0. The fourth-order valence-corrected chi connectivity index (χ4v) is 2.81. The first kappa shape index (κ1) is 21.0. The third kappa shape index (κ3) is 7.29. The minimum absolute atomic E-state index is 0.0719. The highest BCUT2D eigenvalue weighted by Crippen LogP contribution is 2.35.